The summed E-state index contributed by atoms with van der Waals surface area (Å²) in [4.78, 5) is 24.8. The molecule has 0 bridgehead atoms. The predicted molar refractivity (Wildman–Crippen MR) is 108 cm³/mol. The summed E-state index contributed by atoms with van der Waals surface area (Å²) in [6.45, 7) is 3.95. The van der Waals surface area contributed by atoms with E-state index in [4.69, 9.17) is 9.47 Å². The molecule has 1 fully saturated rings. The Kier molecular flexibility index (Phi) is 7.03. The Morgan fingerprint density at radius 3 is 2.64 bits per heavy atom. The van der Waals surface area contributed by atoms with Gasteiger partial charge >= 0.3 is 0 Å². The summed E-state index contributed by atoms with van der Waals surface area (Å²) in [5.41, 5.74) is 1.59. The van der Waals surface area contributed by atoms with Crippen LogP contribution in [-0.4, -0.2) is 37.7 Å². The fourth-order valence-electron chi connectivity index (χ4n) is 2.98. The Labute approximate surface area is 165 Å². The van der Waals surface area contributed by atoms with Gasteiger partial charge in [-0.15, -0.1) is 0 Å². The van der Waals surface area contributed by atoms with Crippen molar-refractivity contribution in [3.05, 3.63) is 59.7 Å². The van der Waals surface area contributed by atoms with Gasteiger partial charge in [-0.3, -0.25) is 9.59 Å². The molecule has 6 heteroatoms. The number of hydrogen-bond acceptors (Lipinski definition) is 4. The first-order chi connectivity index (χ1) is 13.7. The van der Waals surface area contributed by atoms with Crippen LogP contribution < -0.4 is 15.4 Å². The maximum atomic E-state index is 12.5. The highest BCUT2D eigenvalue weighted by Crippen LogP contribution is 2.16. The fourth-order valence-corrected chi connectivity index (χ4v) is 2.98. The van der Waals surface area contributed by atoms with Gasteiger partial charge < -0.3 is 20.1 Å². The summed E-state index contributed by atoms with van der Waals surface area (Å²) in [5.74, 6) is 0.325. The van der Waals surface area contributed by atoms with Crippen molar-refractivity contribution in [1.82, 2.24) is 5.32 Å². The van der Waals surface area contributed by atoms with E-state index in [0.29, 0.717) is 30.0 Å². The summed E-state index contributed by atoms with van der Waals surface area (Å²) in [5, 5.41) is 5.71. The van der Waals surface area contributed by atoms with Gasteiger partial charge in [-0.2, -0.15) is 0 Å². The van der Waals surface area contributed by atoms with Crippen molar-refractivity contribution in [2.75, 3.05) is 25.1 Å². The van der Waals surface area contributed by atoms with E-state index >= 15 is 0 Å². The molecule has 1 aliphatic heterocycles. The molecule has 2 N–H and O–H groups in total. The van der Waals surface area contributed by atoms with Gasteiger partial charge in [0.1, 0.15) is 5.75 Å². The fraction of sp³-hybridized carbons (Fsp3) is 0.364. The average molecular weight is 382 g/mol. The SMILES string of the molecule is CCCOc1ccc(C(=O)Nc2cccc(C(=O)NC[C@H]3CCCO3)c2)cc1. The molecule has 1 aliphatic rings. The van der Waals surface area contributed by atoms with Gasteiger partial charge in [0.2, 0.25) is 0 Å². The quantitative estimate of drug-likeness (QED) is 0.731. The van der Waals surface area contributed by atoms with Gasteiger partial charge in [0.25, 0.3) is 11.8 Å². The molecule has 3 rings (SSSR count). The third-order valence-electron chi connectivity index (χ3n) is 4.49. The smallest absolute Gasteiger partial charge is 0.255 e. The topological polar surface area (TPSA) is 76.7 Å². The van der Waals surface area contributed by atoms with E-state index in [-0.39, 0.29) is 17.9 Å². The van der Waals surface area contributed by atoms with Crippen LogP contribution in [0, 0.1) is 0 Å². The number of benzene rings is 2. The summed E-state index contributed by atoms with van der Waals surface area (Å²) in [7, 11) is 0. The van der Waals surface area contributed by atoms with Crippen molar-refractivity contribution in [3.63, 3.8) is 0 Å². The normalized spacial score (nSPS) is 15.8. The Morgan fingerprint density at radius 1 is 1.11 bits per heavy atom. The summed E-state index contributed by atoms with van der Waals surface area (Å²) < 4.78 is 11.0. The van der Waals surface area contributed by atoms with Crippen molar-refractivity contribution < 1.29 is 19.1 Å². The zero-order valence-corrected chi connectivity index (χ0v) is 16.1. The van der Waals surface area contributed by atoms with Crippen molar-refractivity contribution in [2.45, 2.75) is 32.3 Å². The van der Waals surface area contributed by atoms with Crippen LogP contribution in [0.25, 0.3) is 0 Å². The van der Waals surface area contributed by atoms with Crippen LogP contribution in [0.5, 0.6) is 5.75 Å². The van der Waals surface area contributed by atoms with Gasteiger partial charge in [-0.1, -0.05) is 13.0 Å². The van der Waals surface area contributed by atoms with Crippen LogP contribution in [0.15, 0.2) is 48.5 Å². The van der Waals surface area contributed by atoms with Gasteiger partial charge in [0.15, 0.2) is 0 Å². The van der Waals surface area contributed by atoms with Gasteiger partial charge in [-0.05, 0) is 61.7 Å². The second-order valence-corrected chi connectivity index (χ2v) is 6.75. The number of rotatable bonds is 8. The molecule has 1 saturated heterocycles. The molecule has 0 unspecified atom stereocenters. The Balaban J connectivity index is 1.57. The lowest BCUT2D eigenvalue weighted by atomic mass is 10.1. The molecule has 1 heterocycles. The summed E-state index contributed by atoms with van der Waals surface area (Å²) in [6, 6.07) is 13.9. The molecule has 0 saturated carbocycles. The Morgan fingerprint density at radius 2 is 1.93 bits per heavy atom. The largest absolute Gasteiger partial charge is 0.494 e. The lowest BCUT2D eigenvalue weighted by Crippen LogP contribution is -2.31. The number of amides is 2. The predicted octanol–water partition coefficient (Wildman–Crippen LogP) is 3.64. The van der Waals surface area contributed by atoms with Crippen LogP contribution in [0.2, 0.25) is 0 Å². The minimum absolute atomic E-state index is 0.0936. The second kappa shape index (κ2) is 9.90. The molecule has 2 aromatic rings. The standard InChI is InChI=1S/C22H26N2O4/c1-2-12-27-19-10-8-16(9-11-19)22(26)24-18-6-3-5-17(14-18)21(25)23-15-20-7-4-13-28-20/h3,5-6,8-11,14,20H,2,4,7,12-13,15H2,1H3,(H,23,25)(H,24,26)/t20-/m1/s1. The maximum absolute atomic E-state index is 12.5. The van der Waals surface area contributed by atoms with Gasteiger partial charge in [0.05, 0.1) is 12.7 Å². The highest BCUT2D eigenvalue weighted by Gasteiger charge is 2.17. The third-order valence-corrected chi connectivity index (χ3v) is 4.49. The maximum Gasteiger partial charge on any atom is 0.255 e. The van der Waals surface area contributed by atoms with E-state index in [1.165, 1.54) is 0 Å². The molecular formula is C22H26N2O4. The van der Waals surface area contributed by atoms with E-state index in [1.54, 1.807) is 48.5 Å². The monoisotopic (exact) mass is 382 g/mol. The molecular weight excluding hydrogens is 356 g/mol. The van der Waals surface area contributed by atoms with Crippen LogP contribution in [0.4, 0.5) is 5.69 Å². The molecule has 1 atom stereocenters. The van der Waals surface area contributed by atoms with E-state index in [2.05, 4.69) is 10.6 Å². The van der Waals surface area contributed by atoms with E-state index in [0.717, 1.165) is 31.6 Å². The first-order valence-electron chi connectivity index (χ1n) is 9.70. The molecule has 0 aliphatic carbocycles. The van der Waals surface area contributed by atoms with E-state index in [1.807, 2.05) is 6.92 Å². The Bertz CT molecular complexity index is 798. The average Bonchev–Trinajstić information content (AvgIpc) is 3.24. The van der Waals surface area contributed by atoms with Crippen molar-refractivity contribution in [3.8, 4) is 5.75 Å². The molecule has 0 spiro atoms. The number of carbonyl (C=O) groups excluding carboxylic acids is 2. The van der Waals surface area contributed by atoms with Gasteiger partial charge in [0, 0.05) is 30.0 Å². The molecule has 2 amide bonds. The molecule has 6 nitrogen and oxygen atoms in total. The van der Waals surface area contributed by atoms with Crippen molar-refractivity contribution in [1.29, 1.82) is 0 Å². The highest BCUT2D eigenvalue weighted by molar-refractivity contribution is 6.05. The van der Waals surface area contributed by atoms with Crippen LogP contribution in [-0.2, 0) is 4.74 Å². The molecule has 28 heavy (non-hydrogen) atoms. The number of nitrogens with one attached hydrogen (secondary N) is 2. The highest BCUT2D eigenvalue weighted by atomic mass is 16.5. The summed E-state index contributed by atoms with van der Waals surface area (Å²) >= 11 is 0. The molecule has 0 radical (unpaired) electrons. The zero-order chi connectivity index (χ0) is 19.8. The number of carbonyl (C=O) groups is 2. The number of anilines is 1. The number of ether oxygens (including phenoxy) is 2. The lowest BCUT2D eigenvalue weighted by molar-refractivity contribution is 0.0857. The zero-order valence-electron chi connectivity index (χ0n) is 16.1. The second-order valence-electron chi connectivity index (χ2n) is 6.75. The van der Waals surface area contributed by atoms with Crippen LogP contribution in [0.3, 0.4) is 0 Å². The Hall–Kier alpha value is -2.86. The van der Waals surface area contributed by atoms with Crippen molar-refractivity contribution >= 4 is 17.5 Å². The van der Waals surface area contributed by atoms with Crippen LogP contribution in [0.1, 0.15) is 46.9 Å². The minimum Gasteiger partial charge on any atom is -0.494 e. The lowest BCUT2D eigenvalue weighted by Gasteiger charge is -2.12. The first kappa shape index (κ1) is 19.9. The molecule has 0 aromatic heterocycles. The van der Waals surface area contributed by atoms with Crippen molar-refractivity contribution in [2.24, 2.45) is 0 Å². The van der Waals surface area contributed by atoms with Crippen LogP contribution >= 0.6 is 0 Å². The molecule has 148 valence electrons. The van der Waals surface area contributed by atoms with Gasteiger partial charge in [-0.25, -0.2) is 0 Å². The minimum atomic E-state index is -0.237. The van der Waals surface area contributed by atoms with E-state index < -0.39 is 0 Å². The van der Waals surface area contributed by atoms with E-state index in [9.17, 15) is 9.59 Å². The third kappa shape index (κ3) is 5.57. The first-order valence-corrected chi connectivity index (χ1v) is 9.70. The summed E-state index contributed by atoms with van der Waals surface area (Å²) in [6.07, 6.45) is 3.03. The molecule has 2 aromatic carbocycles. The number of hydrogen-bond donors (Lipinski definition) is 2.